The predicted molar refractivity (Wildman–Crippen MR) is 65.4 cm³/mol. The Balaban J connectivity index is 2.15. The summed E-state index contributed by atoms with van der Waals surface area (Å²) in [6, 6.07) is 4.58. The summed E-state index contributed by atoms with van der Waals surface area (Å²) >= 11 is 0. The molecule has 1 heterocycles. The van der Waals surface area contributed by atoms with Crippen LogP contribution in [-0.4, -0.2) is 23.9 Å². The smallest absolute Gasteiger partial charge is 0.253 e. The normalized spacial score (nSPS) is 20.4. The second-order valence-electron chi connectivity index (χ2n) is 4.96. The van der Waals surface area contributed by atoms with Gasteiger partial charge in [-0.15, -0.1) is 0 Å². The lowest BCUT2D eigenvalue weighted by Gasteiger charge is -2.31. The van der Waals surface area contributed by atoms with Gasteiger partial charge in [0, 0.05) is 18.7 Å². The fourth-order valence-corrected chi connectivity index (χ4v) is 2.33. The van der Waals surface area contributed by atoms with Gasteiger partial charge < -0.3 is 4.90 Å². The fourth-order valence-electron chi connectivity index (χ4n) is 2.33. The van der Waals surface area contributed by atoms with Crippen molar-refractivity contribution in [2.45, 2.75) is 26.7 Å². The number of carbonyl (C=O) groups is 1. The summed E-state index contributed by atoms with van der Waals surface area (Å²) in [7, 11) is 0. The Morgan fingerprint density at radius 1 is 1.47 bits per heavy atom. The monoisotopic (exact) mass is 235 g/mol. The summed E-state index contributed by atoms with van der Waals surface area (Å²) in [6.07, 6.45) is 2.25. The van der Waals surface area contributed by atoms with Crippen LogP contribution in [-0.2, 0) is 0 Å². The predicted octanol–water partition coefficient (Wildman–Crippen LogP) is 3.01. The highest BCUT2D eigenvalue weighted by Crippen LogP contribution is 2.18. The van der Waals surface area contributed by atoms with Crippen LogP contribution in [0.4, 0.5) is 4.39 Å². The molecular weight excluding hydrogens is 217 g/mol. The van der Waals surface area contributed by atoms with Gasteiger partial charge in [-0.25, -0.2) is 4.39 Å². The Morgan fingerprint density at radius 3 is 2.88 bits per heavy atom. The minimum absolute atomic E-state index is 0.0275. The van der Waals surface area contributed by atoms with E-state index in [2.05, 4.69) is 6.92 Å². The number of likely N-dealkylation sites (tertiary alicyclic amines) is 1. The van der Waals surface area contributed by atoms with E-state index in [1.807, 2.05) is 4.90 Å². The number of benzene rings is 1. The standard InChI is InChI=1S/C14H18FNO/c1-10-4-3-7-16(9-10)14(17)12-5-6-13(15)11(2)8-12/h5-6,8,10H,3-4,7,9H2,1-2H3. The van der Waals surface area contributed by atoms with Crippen LogP contribution in [0.2, 0.25) is 0 Å². The van der Waals surface area contributed by atoms with E-state index in [4.69, 9.17) is 0 Å². The molecule has 0 N–H and O–H groups in total. The average Bonchev–Trinajstić information content (AvgIpc) is 2.32. The van der Waals surface area contributed by atoms with Crippen molar-refractivity contribution in [2.24, 2.45) is 5.92 Å². The minimum Gasteiger partial charge on any atom is -0.338 e. The Kier molecular flexibility index (Phi) is 3.46. The number of aryl methyl sites for hydroxylation is 1. The Labute approximate surface area is 101 Å². The molecule has 1 aromatic carbocycles. The third-order valence-corrected chi connectivity index (χ3v) is 3.35. The number of halogens is 1. The van der Waals surface area contributed by atoms with E-state index in [-0.39, 0.29) is 11.7 Å². The highest BCUT2D eigenvalue weighted by atomic mass is 19.1. The number of hydrogen-bond donors (Lipinski definition) is 0. The van der Waals surface area contributed by atoms with Crippen LogP contribution in [0.5, 0.6) is 0 Å². The van der Waals surface area contributed by atoms with Gasteiger partial charge >= 0.3 is 0 Å². The number of hydrogen-bond acceptors (Lipinski definition) is 1. The first-order valence-electron chi connectivity index (χ1n) is 6.13. The molecule has 1 fully saturated rings. The van der Waals surface area contributed by atoms with Gasteiger partial charge in [0.15, 0.2) is 0 Å². The largest absolute Gasteiger partial charge is 0.338 e. The van der Waals surface area contributed by atoms with Crippen LogP contribution in [0.25, 0.3) is 0 Å². The molecule has 1 atom stereocenters. The first-order chi connectivity index (χ1) is 8.08. The topological polar surface area (TPSA) is 20.3 Å². The summed E-state index contributed by atoms with van der Waals surface area (Å²) in [5.41, 5.74) is 1.12. The van der Waals surface area contributed by atoms with Crippen molar-refractivity contribution < 1.29 is 9.18 Å². The first-order valence-corrected chi connectivity index (χ1v) is 6.13. The lowest BCUT2D eigenvalue weighted by Crippen LogP contribution is -2.39. The fraction of sp³-hybridized carbons (Fsp3) is 0.500. The third kappa shape index (κ3) is 2.65. The van der Waals surface area contributed by atoms with Crippen molar-refractivity contribution >= 4 is 5.91 Å². The van der Waals surface area contributed by atoms with Crippen LogP contribution < -0.4 is 0 Å². The summed E-state index contributed by atoms with van der Waals surface area (Å²) < 4.78 is 13.1. The van der Waals surface area contributed by atoms with E-state index in [0.717, 1.165) is 19.5 Å². The van der Waals surface area contributed by atoms with E-state index in [1.165, 1.54) is 12.5 Å². The summed E-state index contributed by atoms with van der Waals surface area (Å²) in [5, 5.41) is 0. The molecule has 1 aromatic rings. The quantitative estimate of drug-likeness (QED) is 0.732. The SMILES string of the molecule is Cc1cc(C(=O)N2CCCC(C)C2)ccc1F. The minimum atomic E-state index is -0.256. The second-order valence-corrected chi connectivity index (χ2v) is 4.96. The number of piperidine rings is 1. The van der Waals surface area contributed by atoms with Crippen LogP contribution in [0.3, 0.4) is 0 Å². The highest BCUT2D eigenvalue weighted by Gasteiger charge is 2.22. The summed E-state index contributed by atoms with van der Waals surface area (Å²) in [6.45, 7) is 5.48. The molecule has 1 amide bonds. The van der Waals surface area contributed by atoms with Crippen LogP contribution in [0.15, 0.2) is 18.2 Å². The molecule has 3 heteroatoms. The molecule has 17 heavy (non-hydrogen) atoms. The zero-order valence-electron chi connectivity index (χ0n) is 10.4. The molecule has 1 aliphatic heterocycles. The van der Waals surface area contributed by atoms with Gasteiger partial charge in [-0.05, 0) is 49.4 Å². The Bertz CT molecular complexity index is 430. The summed E-state index contributed by atoms with van der Waals surface area (Å²) in [5.74, 6) is 0.336. The lowest BCUT2D eigenvalue weighted by molar-refractivity contribution is 0.0683. The van der Waals surface area contributed by atoms with E-state index < -0.39 is 0 Å². The van der Waals surface area contributed by atoms with E-state index >= 15 is 0 Å². The molecule has 0 radical (unpaired) electrons. The average molecular weight is 235 g/mol. The zero-order valence-corrected chi connectivity index (χ0v) is 10.4. The van der Waals surface area contributed by atoms with Gasteiger partial charge in [-0.2, -0.15) is 0 Å². The molecule has 0 aliphatic carbocycles. The maximum atomic E-state index is 13.1. The Morgan fingerprint density at radius 2 is 2.24 bits per heavy atom. The molecule has 0 aromatic heterocycles. The highest BCUT2D eigenvalue weighted by molar-refractivity contribution is 5.94. The van der Waals surface area contributed by atoms with E-state index in [9.17, 15) is 9.18 Å². The van der Waals surface area contributed by atoms with Crippen molar-refractivity contribution in [3.63, 3.8) is 0 Å². The molecule has 92 valence electrons. The molecular formula is C14H18FNO. The van der Waals surface area contributed by atoms with Gasteiger partial charge in [-0.1, -0.05) is 6.92 Å². The molecule has 0 bridgehead atoms. The molecule has 2 rings (SSSR count). The van der Waals surface area contributed by atoms with Gasteiger partial charge in [0.05, 0.1) is 0 Å². The number of amides is 1. The van der Waals surface area contributed by atoms with Crippen LogP contribution >= 0.6 is 0 Å². The maximum Gasteiger partial charge on any atom is 0.253 e. The van der Waals surface area contributed by atoms with Crippen LogP contribution in [0.1, 0.15) is 35.7 Å². The van der Waals surface area contributed by atoms with Crippen molar-refractivity contribution in [1.29, 1.82) is 0 Å². The first kappa shape index (κ1) is 12.1. The van der Waals surface area contributed by atoms with Crippen molar-refractivity contribution in [3.05, 3.63) is 35.1 Å². The molecule has 1 aliphatic rings. The van der Waals surface area contributed by atoms with Crippen LogP contribution in [0, 0.1) is 18.7 Å². The Hall–Kier alpha value is -1.38. The molecule has 2 nitrogen and oxygen atoms in total. The van der Waals surface area contributed by atoms with Crippen molar-refractivity contribution in [3.8, 4) is 0 Å². The van der Waals surface area contributed by atoms with E-state index in [0.29, 0.717) is 17.0 Å². The second kappa shape index (κ2) is 4.86. The van der Waals surface area contributed by atoms with Gasteiger partial charge in [0.25, 0.3) is 5.91 Å². The van der Waals surface area contributed by atoms with Gasteiger partial charge in [0.1, 0.15) is 5.82 Å². The zero-order chi connectivity index (χ0) is 12.4. The molecule has 1 saturated heterocycles. The molecule has 0 saturated carbocycles. The van der Waals surface area contributed by atoms with Crippen molar-refractivity contribution in [1.82, 2.24) is 4.90 Å². The third-order valence-electron chi connectivity index (χ3n) is 3.35. The van der Waals surface area contributed by atoms with E-state index in [1.54, 1.807) is 19.1 Å². The van der Waals surface area contributed by atoms with Gasteiger partial charge in [0.2, 0.25) is 0 Å². The summed E-state index contributed by atoms with van der Waals surface area (Å²) in [4.78, 5) is 14.1. The number of nitrogens with zero attached hydrogens (tertiary/aromatic N) is 1. The number of carbonyl (C=O) groups excluding carboxylic acids is 1. The molecule has 0 spiro atoms. The van der Waals surface area contributed by atoms with Crippen molar-refractivity contribution in [2.75, 3.05) is 13.1 Å². The maximum absolute atomic E-state index is 13.1. The lowest BCUT2D eigenvalue weighted by atomic mass is 9.99. The van der Waals surface area contributed by atoms with Gasteiger partial charge in [-0.3, -0.25) is 4.79 Å². The number of rotatable bonds is 1. The molecule has 1 unspecified atom stereocenters.